The number of carbonyl (C=O) groups is 2. The van der Waals surface area contributed by atoms with Gasteiger partial charge in [0.15, 0.2) is 15.0 Å². The zero-order valence-corrected chi connectivity index (χ0v) is 21.9. The third-order valence-electron chi connectivity index (χ3n) is 5.70. The van der Waals surface area contributed by atoms with Gasteiger partial charge in [0.2, 0.25) is 0 Å². The van der Waals surface area contributed by atoms with Gasteiger partial charge in [0.25, 0.3) is 5.91 Å². The van der Waals surface area contributed by atoms with Crippen LogP contribution in [0, 0.1) is 5.92 Å². The number of nitrogens with one attached hydrogen (secondary N) is 2. The molecule has 2 N–H and O–H groups in total. The van der Waals surface area contributed by atoms with E-state index in [0.717, 1.165) is 49.3 Å². The van der Waals surface area contributed by atoms with Crippen molar-refractivity contribution >= 4 is 65.7 Å². The van der Waals surface area contributed by atoms with E-state index in [-0.39, 0.29) is 20.6 Å². The molecule has 0 spiro atoms. The highest BCUT2D eigenvalue weighted by Gasteiger charge is 2.24. The van der Waals surface area contributed by atoms with Crippen molar-refractivity contribution in [3.05, 3.63) is 47.0 Å². The SMILES string of the molecule is CN(C)CC1CCN(c2ccc(Cl)c(C(=O)NC(=O)Nc3nc4ccc(S(C)(=O)=O)cc4s3)c2)C1. The summed E-state index contributed by atoms with van der Waals surface area (Å²) >= 11 is 7.38. The second kappa shape index (κ2) is 10.1. The average Bonchev–Trinajstić information content (AvgIpc) is 3.38. The number of halogens is 1. The number of fused-ring (bicyclic) bond motifs is 1. The second-order valence-corrected chi connectivity index (χ2v) is 12.3. The predicted octanol–water partition coefficient (Wildman–Crippen LogP) is 3.70. The van der Waals surface area contributed by atoms with Gasteiger partial charge >= 0.3 is 6.03 Å². The Bertz CT molecular complexity index is 1390. The first kappa shape index (κ1) is 25.4. The zero-order valence-electron chi connectivity index (χ0n) is 19.5. The Morgan fingerprint density at radius 3 is 2.71 bits per heavy atom. The molecule has 1 fully saturated rings. The number of thiazole rings is 1. The summed E-state index contributed by atoms with van der Waals surface area (Å²) in [5.74, 6) is -0.0788. The summed E-state index contributed by atoms with van der Waals surface area (Å²) in [4.78, 5) is 34.1. The number of urea groups is 1. The molecule has 2 heterocycles. The monoisotopic (exact) mass is 535 g/mol. The van der Waals surface area contributed by atoms with Gasteiger partial charge in [-0.15, -0.1) is 0 Å². The summed E-state index contributed by atoms with van der Waals surface area (Å²) in [7, 11) is 0.750. The number of sulfone groups is 1. The van der Waals surface area contributed by atoms with Crippen LogP contribution in [-0.2, 0) is 9.84 Å². The summed E-state index contributed by atoms with van der Waals surface area (Å²) in [6, 6.07) is 9.02. The lowest BCUT2D eigenvalue weighted by atomic mass is 10.1. The molecular weight excluding hydrogens is 510 g/mol. The van der Waals surface area contributed by atoms with E-state index in [1.54, 1.807) is 18.2 Å². The molecule has 9 nitrogen and oxygen atoms in total. The van der Waals surface area contributed by atoms with Crippen LogP contribution < -0.4 is 15.5 Å². The van der Waals surface area contributed by atoms with Crippen molar-refractivity contribution in [3.8, 4) is 0 Å². The largest absolute Gasteiger partial charge is 0.371 e. The maximum Gasteiger partial charge on any atom is 0.327 e. The molecule has 0 radical (unpaired) electrons. The fraction of sp³-hybridized carbons (Fsp3) is 0.348. The second-order valence-electron chi connectivity index (χ2n) is 8.86. The Labute approximate surface area is 213 Å². The molecule has 0 saturated carbocycles. The standard InChI is InChI=1S/C23H26ClN5O4S2/c1-28(2)12-14-8-9-29(13-14)15-4-6-18(24)17(10-15)21(30)26-22(31)27-23-25-19-7-5-16(35(3,32)33)11-20(19)34-23/h4-7,10-11,14H,8-9,12-13H2,1-3H3,(H2,25,26,27,30,31). The third kappa shape index (κ3) is 6.10. The molecule has 1 aromatic heterocycles. The number of benzene rings is 2. The molecule has 0 bridgehead atoms. The van der Waals surface area contributed by atoms with E-state index in [9.17, 15) is 18.0 Å². The van der Waals surface area contributed by atoms with Gasteiger partial charge < -0.3 is 9.80 Å². The fourth-order valence-electron chi connectivity index (χ4n) is 4.10. The van der Waals surface area contributed by atoms with Gasteiger partial charge in [0, 0.05) is 31.6 Å². The van der Waals surface area contributed by atoms with Gasteiger partial charge in [0.1, 0.15) is 0 Å². The first-order valence-electron chi connectivity index (χ1n) is 10.9. The number of hydrogen-bond acceptors (Lipinski definition) is 8. The Balaban J connectivity index is 1.43. The van der Waals surface area contributed by atoms with Crippen LogP contribution >= 0.6 is 22.9 Å². The lowest BCUT2D eigenvalue weighted by Gasteiger charge is -2.21. The lowest BCUT2D eigenvalue weighted by molar-refractivity contribution is 0.0967. The van der Waals surface area contributed by atoms with Gasteiger partial charge in [-0.2, -0.15) is 0 Å². The molecule has 0 aliphatic carbocycles. The highest BCUT2D eigenvalue weighted by atomic mass is 35.5. The summed E-state index contributed by atoms with van der Waals surface area (Å²) in [6.07, 6.45) is 2.19. The van der Waals surface area contributed by atoms with Gasteiger partial charge in [0.05, 0.1) is 25.7 Å². The molecule has 1 aliphatic rings. The van der Waals surface area contributed by atoms with Crippen LogP contribution in [0.4, 0.5) is 15.6 Å². The number of aromatic nitrogens is 1. The van der Waals surface area contributed by atoms with E-state index >= 15 is 0 Å². The summed E-state index contributed by atoms with van der Waals surface area (Å²) in [5, 5.41) is 5.31. The number of anilines is 2. The average molecular weight is 536 g/mol. The van der Waals surface area contributed by atoms with Crippen LogP contribution in [0.5, 0.6) is 0 Å². The minimum atomic E-state index is -3.36. The van der Waals surface area contributed by atoms with Crippen LogP contribution in [0.15, 0.2) is 41.3 Å². The normalized spacial score (nSPS) is 16.1. The molecule has 12 heteroatoms. The fourth-order valence-corrected chi connectivity index (χ4v) is 5.93. The zero-order chi connectivity index (χ0) is 25.3. The Morgan fingerprint density at radius 1 is 1.23 bits per heavy atom. The molecule has 2 aromatic carbocycles. The Morgan fingerprint density at radius 2 is 2.00 bits per heavy atom. The molecule has 3 aromatic rings. The first-order valence-corrected chi connectivity index (χ1v) is 14.0. The molecule has 4 rings (SSSR count). The number of imide groups is 1. The Kier molecular flexibility index (Phi) is 7.32. The van der Waals surface area contributed by atoms with Crippen LogP contribution in [-0.4, -0.2) is 70.2 Å². The van der Waals surface area contributed by atoms with Crippen molar-refractivity contribution < 1.29 is 18.0 Å². The van der Waals surface area contributed by atoms with Crippen LogP contribution in [0.25, 0.3) is 10.2 Å². The minimum Gasteiger partial charge on any atom is -0.371 e. The molecule has 35 heavy (non-hydrogen) atoms. The molecular formula is C23H26ClN5O4S2. The van der Waals surface area contributed by atoms with Crippen molar-refractivity contribution in [3.63, 3.8) is 0 Å². The van der Waals surface area contributed by atoms with Gasteiger partial charge in [-0.25, -0.2) is 18.2 Å². The van der Waals surface area contributed by atoms with Crippen LogP contribution in [0.3, 0.4) is 0 Å². The lowest BCUT2D eigenvalue weighted by Crippen LogP contribution is -2.34. The smallest absolute Gasteiger partial charge is 0.327 e. The van der Waals surface area contributed by atoms with E-state index in [1.165, 1.54) is 12.1 Å². The molecule has 3 amide bonds. The van der Waals surface area contributed by atoms with Crippen molar-refractivity contribution in [2.24, 2.45) is 5.92 Å². The van der Waals surface area contributed by atoms with E-state index in [0.29, 0.717) is 16.1 Å². The maximum atomic E-state index is 12.8. The summed E-state index contributed by atoms with van der Waals surface area (Å²) < 4.78 is 24.1. The first-order chi connectivity index (χ1) is 16.5. The molecule has 1 aliphatic heterocycles. The number of rotatable bonds is 6. The van der Waals surface area contributed by atoms with Crippen molar-refractivity contribution in [1.82, 2.24) is 15.2 Å². The van der Waals surface area contributed by atoms with E-state index in [4.69, 9.17) is 11.6 Å². The third-order valence-corrected chi connectivity index (χ3v) is 8.08. The quantitative estimate of drug-likeness (QED) is 0.495. The van der Waals surface area contributed by atoms with E-state index in [1.807, 2.05) is 6.07 Å². The van der Waals surface area contributed by atoms with E-state index in [2.05, 4.69) is 39.5 Å². The summed E-state index contributed by atoms with van der Waals surface area (Å²) in [6.45, 7) is 2.78. The van der Waals surface area contributed by atoms with Gasteiger partial charge in [-0.1, -0.05) is 22.9 Å². The number of nitrogens with zero attached hydrogens (tertiary/aromatic N) is 3. The number of carbonyl (C=O) groups excluding carboxylic acids is 2. The van der Waals surface area contributed by atoms with Crippen molar-refractivity contribution in [2.45, 2.75) is 11.3 Å². The highest BCUT2D eigenvalue weighted by molar-refractivity contribution is 7.90. The number of hydrogen-bond donors (Lipinski definition) is 2. The molecule has 1 atom stereocenters. The molecule has 186 valence electrons. The number of amides is 3. The predicted molar refractivity (Wildman–Crippen MR) is 140 cm³/mol. The highest BCUT2D eigenvalue weighted by Crippen LogP contribution is 2.29. The van der Waals surface area contributed by atoms with Gasteiger partial charge in [-0.05, 0) is 62.8 Å². The summed E-state index contributed by atoms with van der Waals surface area (Å²) in [5.41, 5.74) is 1.63. The molecule has 1 saturated heterocycles. The van der Waals surface area contributed by atoms with Crippen LogP contribution in [0.1, 0.15) is 16.8 Å². The van der Waals surface area contributed by atoms with Crippen molar-refractivity contribution in [1.29, 1.82) is 0 Å². The molecule has 1 unspecified atom stereocenters. The van der Waals surface area contributed by atoms with Crippen LogP contribution in [0.2, 0.25) is 5.02 Å². The van der Waals surface area contributed by atoms with E-state index < -0.39 is 21.8 Å². The minimum absolute atomic E-state index is 0.167. The topological polar surface area (TPSA) is 112 Å². The Hall–Kier alpha value is -2.73. The van der Waals surface area contributed by atoms with Crippen molar-refractivity contribution in [2.75, 3.05) is 50.2 Å². The van der Waals surface area contributed by atoms with Gasteiger partial charge in [-0.3, -0.25) is 15.4 Å². The maximum absolute atomic E-state index is 12.8.